The van der Waals surface area contributed by atoms with Gasteiger partial charge in [0.25, 0.3) is 5.91 Å². The largest absolute Gasteiger partial charge is 0.288 e. The lowest BCUT2D eigenvalue weighted by molar-refractivity contribution is 0.102. The fraction of sp³-hybridized carbons (Fsp3) is 0.100. The minimum absolute atomic E-state index is 0.236. The van der Waals surface area contributed by atoms with Crippen molar-refractivity contribution >= 4 is 23.5 Å². The number of hydrogen-bond acceptors (Lipinski definition) is 4. The number of benzene rings is 2. The van der Waals surface area contributed by atoms with E-state index >= 15 is 0 Å². The number of nitrogens with one attached hydrogen (secondary N) is 2. The summed E-state index contributed by atoms with van der Waals surface area (Å²) in [4.78, 5) is 16.6. The molecule has 0 saturated carbocycles. The second-order valence-corrected chi connectivity index (χ2v) is 6.82. The van der Waals surface area contributed by atoms with Gasteiger partial charge in [0.15, 0.2) is 0 Å². The Morgan fingerprint density at radius 2 is 2.00 bits per heavy atom. The quantitative estimate of drug-likeness (QED) is 0.538. The molecule has 4 rings (SSSR count). The number of rotatable bonds is 5. The number of carbonyl (C=O) groups is 1. The van der Waals surface area contributed by atoms with Gasteiger partial charge in [-0.15, -0.1) is 5.10 Å². The van der Waals surface area contributed by atoms with Crippen LogP contribution in [0.2, 0.25) is 5.02 Å². The van der Waals surface area contributed by atoms with Crippen LogP contribution in [0.4, 0.5) is 5.95 Å². The predicted octanol–water partition coefficient (Wildman–Crippen LogP) is 3.93. The molecular weight excluding hydrogens is 376 g/mol. The molecule has 2 N–H and O–H groups in total. The Morgan fingerprint density at radius 1 is 1.18 bits per heavy atom. The van der Waals surface area contributed by atoms with Gasteiger partial charge in [0.2, 0.25) is 5.95 Å². The number of hydrogen-bond donors (Lipinski definition) is 2. The summed E-state index contributed by atoms with van der Waals surface area (Å²) >= 11 is 5.90. The van der Waals surface area contributed by atoms with E-state index in [2.05, 4.69) is 31.7 Å². The number of aromatic nitrogens is 5. The molecule has 0 bridgehead atoms. The number of nitrogens with zero attached hydrogens (tertiary/aromatic N) is 4. The van der Waals surface area contributed by atoms with Crippen LogP contribution in [0.25, 0.3) is 11.3 Å². The highest BCUT2D eigenvalue weighted by molar-refractivity contribution is 6.30. The molecule has 1 amide bonds. The number of carbonyl (C=O) groups excluding carboxylic acids is 1. The number of amides is 1. The Labute approximate surface area is 166 Å². The highest BCUT2D eigenvalue weighted by Gasteiger charge is 2.13. The minimum atomic E-state index is -0.360. The SMILES string of the molecule is Cc1cccc(Cn2cnc(NC(=O)c3cc(-c4ccc(Cl)cc4)n[nH]3)n2)c1. The fourth-order valence-electron chi connectivity index (χ4n) is 2.80. The average Bonchev–Trinajstić information content (AvgIpc) is 3.32. The lowest BCUT2D eigenvalue weighted by Crippen LogP contribution is -2.14. The Morgan fingerprint density at radius 3 is 2.79 bits per heavy atom. The van der Waals surface area contributed by atoms with Crippen molar-refractivity contribution in [2.45, 2.75) is 13.5 Å². The van der Waals surface area contributed by atoms with E-state index in [0.29, 0.717) is 23.0 Å². The minimum Gasteiger partial charge on any atom is -0.288 e. The maximum atomic E-state index is 12.4. The second-order valence-electron chi connectivity index (χ2n) is 6.38. The highest BCUT2D eigenvalue weighted by Crippen LogP contribution is 2.20. The van der Waals surface area contributed by atoms with Crippen LogP contribution in [-0.4, -0.2) is 30.9 Å². The smallest absolute Gasteiger partial charge is 0.276 e. The van der Waals surface area contributed by atoms with Crippen molar-refractivity contribution in [3.63, 3.8) is 0 Å². The van der Waals surface area contributed by atoms with Gasteiger partial charge in [0, 0.05) is 10.6 Å². The lowest BCUT2D eigenvalue weighted by atomic mass is 10.1. The van der Waals surface area contributed by atoms with E-state index in [1.165, 1.54) is 5.56 Å². The summed E-state index contributed by atoms with van der Waals surface area (Å²) in [5.74, 6) is -0.124. The predicted molar refractivity (Wildman–Crippen MR) is 107 cm³/mol. The molecule has 0 fully saturated rings. The summed E-state index contributed by atoms with van der Waals surface area (Å²) in [6.07, 6.45) is 1.59. The van der Waals surface area contributed by atoms with Crippen LogP contribution in [-0.2, 0) is 6.54 Å². The van der Waals surface area contributed by atoms with Crippen LogP contribution in [0.1, 0.15) is 21.6 Å². The first-order valence-corrected chi connectivity index (χ1v) is 9.02. The number of aromatic amines is 1. The first kappa shape index (κ1) is 17.9. The van der Waals surface area contributed by atoms with E-state index in [1.807, 2.05) is 37.3 Å². The Bertz CT molecular complexity index is 1120. The van der Waals surface area contributed by atoms with Gasteiger partial charge in [-0.1, -0.05) is 53.6 Å². The summed E-state index contributed by atoms with van der Waals surface area (Å²) in [6.45, 7) is 2.62. The Kier molecular flexibility index (Phi) is 4.90. The van der Waals surface area contributed by atoms with Gasteiger partial charge in [0.05, 0.1) is 12.2 Å². The average molecular weight is 393 g/mol. The fourth-order valence-corrected chi connectivity index (χ4v) is 2.93. The Balaban J connectivity index is 1.43. The number of aryl methyl sites for hydroxylation is 1. The normalized spacial score (nSPS) is 10.8. The van der Waals surface area contributed by atoms with E-state index in [4.69, 9.17) is 11.6 Å². The van der Waals surface area contributed by atoms with Crippen LogP contribution in [0.3, 0.4) is 0 Å². The molecule has 2 heterocycles. The summed E-state index contributed by atoms with van der Waals surface area (Å²) < 4.78 is 1.68. The van der Waals surface area contributed by atoms with Gasteiger partial charge in [-0.2, -0.15) is 5.10 Å². The molecule has 0 spiro atoms. The third kappa shape index (κ3) is 4.10. The van der Waals surface area contributed by atoms with Crippen molar-refractivity contribution in [3.8, 4) is 11.3 Å². The number of H-pyrrole nitrogens is 1. The molecule has 2 aromatic heterocycles. The van der Waals surface area contributed by atoms with Crippen molar-refractivity contribution in [1.29, 1.82) is 0 Å². The number of halogens is 1. The lowest BCUT2D eigenvalue weighted by Gasteiger charge is -2.02. The third-order valence-corrected chi connectivity index (χ3v) is 4.40. The van der Waals surface area contributed by atoms with Crippen molar-refractivity contribution in [3.05, 3.63) is 82.8 Å². The molecule has 0 aliphatic heterocycles. The van der Waals surface area contributed by atoms with Gasteiger partial charge in [-0.05, 0) is 30.7 Å². The molecular formula is C20H17ClN6O. The van der Waals surface area contributed by atoms with Gasteiger partial charge >= 0.3 is 0 Å². The molecule has 8 heteroatoms. The zero-order chi connectivity index (χ0) is 19.5. The second kappa shape index (κ2) is 7.66. The zero-order valence-electron chi connectivity index (χ0n) is 15.1. The highest BCUT2D eigenvalue weighted by atomic mass is 35.5. The zero-order valence-corrected chi connectivity index (χ0v) is 15.8. The van der Waals surface area contributed by atoms with Gasteiger partial charge in [0.1, 0.15) is 12.0 Å². The molecule has 28 heavy (non-hydrogen) atoms. The monoisotopic (exact) mass is 392 g/mol. The van der Waals surface area contributed by atoms with Gasteiger partial charge < -0.3 is 0 Å². The molecule has 0 saturated heterocycles. The third-order valence-electron chi connectivity index (χ3n) is 4.15. The summed E-state index contributed by atoms with van der Waals surface area (Å²) in [6, 6.07) is 17.1. The van der Waals surface area contributed by atoms with E-state index < -0.39 is 0 Å². The van der Waals surface area contributed by atoms with Crippen LogP contribution < -0.4 is 5.32 Å². The first-order chi connectivity index (χ1) is 13.6. The van der Waals surface area contributed by atoms with Crippen molar-refractivity contribution in [2.75, 3.05) is 5.32 Å². The summed E-state index contributed by atoms with van der Waals surface area (Å²) in [7, 11) is 0. The molecule has 0 unspecified atom stereocenters. The topological polar surface area (TPSA) is 88.5 Å². The first-order valence-electron chi connectivity index (χ1n) is 8.64. The van der Waals surface area contributed by atoms with E-state index in [0.717, 1.165) is 11.1 Å². The maximum absolute atomic E-state index is 12.4. The van der Waals surface area contributed by atoms with Gasteiger partial charge in [-0.3, -0.25) is 15.2 Å². The summed E-state index contributed by atoms with van der Waals surface area (Å²) in [5.41, 5.74) is 4.13. The van der Waals surface area contributed by atoms with Gasteiger partial charge in [-0.25, -0.2) is 9.67 Å². The maximum Gasteiger partial charge on any atom is 0.276 e. The molecule has 0 aliphatic carbocycles. The molecule has 4 aromatic rings. The van der Waals surface area contributed by atoms with Crippen LogP contribution in [0.5, 0.6) is 0 Å². The summed E-state index contributed by atoms with van der Waals surface area (Å²) in [5, 5.41) is 14.5. The standard InChI is InChI=1S/C20H17ClN6O/c1-13-3-2-4-14(9-13)11-27-12-22-20(26-27)23-19(28)18-10-17(24-25-18)15-5-7-16(21)8-6-15/h2-10,12H,11H2,1H3,(H,24,25)(H,23,26,28). The van der Waals surface area contributed by atoms with E-state index in [-0.39, 0.29) is 11.9 Å². The van der Waals surface area contributed by atoms with Crippen molar-refractivity contribution in [2.24, 2.45) is 0 Å². The van der Waals surface area contributed by atoms with Crippen LogP contribution in [0, 0.1) is 6.92 Å². The van der Waals surface area contributed by atoms with Crippen LogP contribution in [0.15, 0.2) is 60.9 Å². The number of anilines is 1. The van der Waals surface area contributed by atoms with E-state index in [1.54, 1.807) is 29.2 Å². The Hall–Kier alpha value is -3.45. The van der Waals surface area contributed by atoms with Crippen molar-refractivity contribution < 1.29 is 4.79 Å². The molecule has 0 atom stereocenters. The molecule has 140 valence electrons. The molecule has 0 aliphatic rings. The van der Waals surface area contributed by atoms with Crippen LogP contribution >= 0.6 is 11.6 Å². The molecule has 0 radical (unpaired) electrons. The van der Waals surface area contributed by atoms with Crippen molar-refractivity contribution in [1.82, 2.24) is 25.0 Å². The molecule has 2 aromatic carbocycles. The molecule has 7 nitrogen and oxygen atoms in total. The van der Waals surface area contributed by atoms with E-state index in [9.17, 15) is 4.79 Å².